The number of anilines is 1. The van der Waals surface area contributed by atoms with Crippen LogP contribution < -0.4 is 4.31 Å². The molecule has 0 saturated carbocycles. The van der Waals surface area contributed by atoms with Crippen LogP contribution in [-0.2, 0) is 20.5 Å². The average molecular weight is 329 g/mol. The summed E-state index contributed by atoms with van der Waals surface area (Å²) in [6.45, 7) is 3.63. The van der Waals surface area contributed by atoms with Gasteiger partial charge in [0.2, 0.25) is 10.0 Å². The number of hydrogen-bond acceptors (Lipinski definition) is 4. The van der Waals surface area contributed by atoms with Crippen LogP contribution >= 0.6 is 0 Å². The highest BCUT2D eigenvalue weighted by Crippen LogP contribution is 2.37. The minimum Gasteiger partial charge on any atom is -0.436 e. The molecule has 0 N–H and O–H groups in total. The molecule has 0 bridgehead atoms. The first kappa shape index (κ1) is 15.3. The third kappa shape index (κ3) is 2.85. The van der Waals surface area contributed by atoms with Crippen molar-refractivity contribution in [1.82, 2.24) is 0 Å². The first-order valence-electron chi connectivity index (χ1n) is 7.02. The third-order valence-corrected chi connectivity index (χ3v) is 5.14. The molecule has 1 atom stereocenters. The number of carbonyl (C=O) groups excluding carboxylic acids is 1. The van der Waals surface area contributed by atoms with Crippen molar-refractivity contribution in [2.45, 2.75) is 11.9 Å². The fraction of sp³-hybridized carbons (Fsp3) is 0.118. The van der Waals surface area contributed by atoms with E-state index in [1.54, 1.807) is 54.6 Å². The van der Waals surface area contributed by atoms with Crippen LogP contribution in [0.25, 0.3) is 0 Å². The van der Waals surface area contributed by atoms with Crippen LogP contribution in [-0.4, -0.2) is 14.5 Å². The number of fused-ring (bicyclic) bond motifs is 1. The van der Waals surface area contributed by atoms with Gasteiger partial charge in [-0.25, -0.2) is 13.2 Å². The fourth-order valence-electron chi connectivity index (χ4n) is 2.52. The molecule has 118 valence electrons. The smallest absolute Gasteiger partial charge is 0.429 e. The third-order valence-electron chi connectivity index (χ3n) is 3.54. The van der Waals surface area contributed by atoms with Crippen LogP contribution in [0.3, 0.4) is 0 Å². The molecule has 0 saturated heterocycles. The summed E-state index contributed by atoms with van der Waals surface area (Å²) in [5.41, 5.74) is 1.51. The molecule has 23 heavy (non-hydrogen) atoms. The van der Waals surface area contributed by atoms with Gasteiger partial charge in [0.15, 0.2) is 0 Å². The van der Waals surface area contributed by atoms with Crippen LogP contribution in [0, 0.1) is 0 Å². The van der Waals surface area contributed by atoms with Gasteiger partial charge in [0.25, 0.3) is 0 Å². The normalized spacial score (nSPS) is 17.3. The first-order valence-corrected chi connectivity index (χ1v) is 8.63. The molecule has 1 aliphatic rings. The number of benzene rings is 2. The Bertz CT molecular complexity index is 846. The monoisotopic (exact) mass is 329 g/mol. The number of amides is 1. The van der Waals surface area contributed by atoms with Gasteiger partial charge in [-0.1, -0.05) is 55.1 Å². The van der Waals surface area contributed by atoms with E-state index in [0.717, 1.165) is 4.31 Å². The van der Waals surface area contributed by atoms with Gasteiger partial charge < -0.3 is 4.74 Å². The van der Waals surface area contributed by atoms with Gasteiger partial charge >= 0.3 is 6.09 Å². The van der Waals surface area contributed by atoms with Gasteiger partial charge in [0, 0.05) is 5.56 Å². The molecule has 0 aliphatic carbocycles. The molecule has 1 unspecified atom stereocenters. The number of para-hydroxylation sites is 1. The Labute approximate surface area is 134 Å². The Morgan fingerprint density at radius 2 is 1.74 bits per heavy atom. The molecule has 1 amide bonds. The van der Waals surface area contributed by atoms with Crippen molar-refractivity contribution >= 4 is 21.8 Å². The number of cyclic esters (lactones) is 1. The zero-order valence-corrected chi connectivity index (χ0v) is 13.1. The Kier molecular flexibility index (Phi) is 3.92. The van der Waals surface area contributed by atoms with E-state index >= 15 is 0 Å². The van der Waals surface area contributed by atoms with E-state index in [4.69, 9.17) is 4.74 Å². The molecule has 5 nitrogen and oxygen atoms in total. The van der Waals surface area contributed by atoms with Crippen molar-refractivity contribution < 1.29 is 17.9 Å². The zero-order chi connectivity index (χ0) is 16.4. The van der Waals surface area contributed by atoms with Gasteiger partial charge in [-0.05, 0) is 17.7 Å². The van der Waals surface area contributed by atoms with Crippen molar-refractivity contribution in [2.75, 3.05) is 4.31 Å². The lowest BCUT2D eigenvalue weighted by molar-refractivity contribution is 0.126. The van der Waals surface area contributed by atoms with Crippen LogP contribution in [0.2, 0.25) is 0 Å². The fourth-order valence-corrected chi connectivity index (χ4v) is 4.00. The van der Waals surface area contributed by atoms with Gasteiger partial charge in [-0.15, -0.1) is 0 Å². The maximum absolute atomic E-state index is 12.7. The van der Waals surface area contributed by atoms with Crippen molar-refractivity contribution in [3.63, 3.8) is 0 Å². The second-order valence-corrected chi connectivity index (χ2v) is 6.92. The maximum atomic E-state index is 12.7. The predicted molar refractivity (Wildman–Crippen MR) is 87.4 cm³/mol. The largest absolute Gasteiger partial charge is 0.436 e. The Hall–Kier alpha value is -2.60. The van der Waals surface area contributed by atoms with Gasteiger partial charge in [0.05, 0.1) is 11.4 Å². The van der Waals surface area contributed by atoms with Crippen molar-refractivity contribution in [2.24, 2.45) is 0 Å². The number of rotatable bonds is 4. The number of carbonyl (C=O) groups is 1. The first-order chi connectivity index (χ1) is 11.0. The second-order valence-electron chi connectivity index (χ2n) is 5.11. The molecule has 2 aromatic carbocycles. The van der Waals surface area contributed by atoms with Crippen LogP contribution in [0.5, 0.6) is 0 Å². The lowest BCUT2D eigenvalue weighted by Crippen LogP contribution is -2.42. The van der Waals surface area contributed by atoms with Crippen molar-refractivity contribution in [3.8, 4) is 0 Å². The minimum atomic E-state index is -3.91. The standard InChI is InChI=1S/C17H15NO4S/c1-2-16-14-10-6-7-11-15(14)18(17(19)22-16)23(20,21)12-13-8-4-3-5-9-13/h2-11,16H,1,12H2. The summed E-state index contributed by atoms with van der Waals surface area (Å²) >= 11 is 0. The second kappa shape index (κ2) is 5.89. The SMILES string of the molecule is C=CC1OC(=O)N(S(=O)(=O)Cc2ccccc2)c2ccccc21. The lowest BCUT2D eigenvalue weighted by Gasteiger charge is -2.31. The average Bonchev–Trinajstić information content (AvgIpc) is 2.54. The van der Waals surface area contributed by atoms with Gasteiger partial charge in [-0.2, -0.15) is 4.31 Å². The summed E-state index contributed by atoms with van der Waals surface area (Å²) in [7, 11) is -3.91. The van der Waals surface area contributed by atoms with Crippen LogP contribution in [0.15, 0.2) is 67.3 Å². The topological polar surface area (TPSA) is 63.7 Å². The maximum Gasteiger partial charge on any atom is 0.429 e. The number of hydrogen-bond donors (Lipinski definition) is 0. The van der Waals surface area contributed by atoms with Crippen molar-refractivity contribution in [1.29, 1.82) is 0 Å². The molecule has 0 spiro atoms. The summed E-state index contributed by atoms with van der Waals surface area (Å²) in [4.78, 5) is 12.2. The zero-order valence-electron chi connectivity index (χ0n) is 12.3. The Morgan fingerprint density at radius 3 is 2.43 bits per heavy atom. The molecule has 1 aliphatic heterocycles. The van der Waals surface area contributed by atoms with E-state index in [0.29, 0.717) is 16.8 Å². The molecular formula is C17H15NO4S. The molecule has 6 heteroatoms. The van der Waals surface area contributed by atoms with Crippen LogP contribution in [0.4, 0.5) is 10.5 Å². The molecule has 3 rings (SSSR count). The quantitative estimate of drug-likeness (QED) is 0.807. The molecule has 2 aromatic rings. The Morgan fingerprint density at radius 1 is 1.09 bits per heavy atom. The van der Waals surface area contributed by atoms with E-state index in [1.165, 1.54) is 6.08 Å². The molecular weight excluding hydrogens is 314 g/mol. The molecule has 0 aromatic heterocycles. The van der Waals surface area contributed by atoms with E-state index < -0.39 is 22.2 Å². The summed E-state index contributed by atoms with van der Waals surface area (Å²) in [6.07, 6.45) is -0.0934. The highest BCUT2D eigenvalue weighted by Gasteiger charge is 2.38. The van der Waals surface area contributed by atoms with Crippen LogP contribution in [0.1, 0.15) is 17.2 Å². The van der Waals surface area contributed by atoms with Crippen molar-refractivity contribution in [3.05, 3.63) is 78.4 Å². The number of nitrogens with zero attached hydrogens (tertiary/aromatic N) is 1. The van der Waals surface area contributed by atoms with E-state index in [2.05, 4.69) is 6.58 Å². The van der Waals surface area contributed by atoms with E-state index in [9.17, 15) is 13.2 Å². The molecule has 1 heterocycles. The number of ether oxygens (including phenoxy) is 1. The summed E-state index contributed by atoms with van der Waals surface area (Å²) in [5.74, 6) is -0.282. The summed E-state index contributed by atoms with van der Waals surface area (Å²) in [6, 6.07) is 15.5. The molecule has 0 fully saturated rings. The highest BCUT2D eigenvalue weighted by molar-refractivity contribution is 7.92. The Balaban J connectivity index is 2.04. The minimum absolute atomic E-state index is 0.282. The predicted octanol–water partition coefficient (Wildman–Crippen LogP) is 3.40. The van der Waals surface area contributed by atoms with E-state index in [-0.39, 0.29) is 5.75 Å². The van der Waals surface area contributed by atoms with Gasteiger partial charge in [-0.3, -0.25) is 0 Å². The lowest BCUT2D eigenvalue weighted by atomic mass is 10.1. The van der Waals surface area contributed by atoms with Gasteiger partial charge in [0.1, 0.15) is 6.10 Å². The summed E-state index contributed by atoms with van der Waals surface area (Å²) < 4.78 is 31.4. The summed E-state index contributed by atoms with van der Waals surface area (Å²) in [5, 5.41) is 0. The molecule has 0 radical (unpaired) electrons. The van der Waals surface area contributed by atoms with E-state index in [1.807, 2.05) is 0 Å². The number of sulfonamides is 1. The highest BCUT2D eigenvalue weighted by atomic mass is 32.2.